The number of pyridine rings is 1. The topological polar surface area (TPSA) is 65.1 Å². The Hall–Kier alpha value is -3.23. The van der Waals surface area contributed by atoms with Crippen LogP contribution in [0.2, 0.25) is 0 Å². The monoisotopic (exact) mass is 359 g/mol. The summed E-state index contributed by atoms with van der Waals surface area (Å²) in [6, 6.07) is 11.2. The molecule has 0 amide bonds. The van der Waals surface area contributed by atoms with E-state index in [4.69, 9.17) is 0 Å². The number of aromatic nitrogens is 5. The van der Waals surface area contributed by atoms with E-state index in [1.807, 2.05) is 30.3 Å². The Morgan fingerprint density at radius 1 is 1.08 bits per heavy atom. The molecule has 9 heteroatoms. The zero-order valence-corrected chi connectivity index (χ0v) is 13.3. The van der Waals surface area contributed by atoms with Gasteiger partial charge in [-0.1, -0.05) is 30.3 Å². The molecule has 26 heavy (non-hydrogen) atoms. The van der Waals surface area contributed by atoms with Gasteiger partial charge in [0.1, 0.15) is 0 Å². The van der Waals surface area contributed by atoms with Crippen LogP contribution in [0.15, 0.2) is 53.6 Å². The SMILES string of the molecule is O=c1c2cnc3nc(C(F)(F)F)nn3c2ccn1CCc1ccccc1. The summed E-state index contributed by atoms with van der Waals surface area (Å²) in [6.07, 6.45) is -1.24. The summed E-state index contributed by atoms with van der Waals surface area (Å²) in [7, 11) is 0. The Balaban J connectivity index is 1.76. The molecule has 0 radical (unpaired) electrons. The summed E-state index contributed by atoms with van der Waals surface area (Å²) in [5.74, 6) is -1.49. The van der Waals surface area contributed by atoms with Crippen LogP contribution in [-0.4, -0.2) is 24.1 Å². The molecule has 0 atom stereocenters. The number of rotatable bonds is 3. The van der Waals surface area contributed by atoms with E-state index in [2.05, 4.69) is 15.1 Å². The second-order valence-corrected chi connectivity index (χ2v) is 5.75. The summed E-state index contributed by atoms with van der Waals surface area (Å²) < 4.78 is 40.8. The Kier molecular flexibility index (Phi) is 3.71. The number of benzene rings is 1. The molecule has 4 rings (SSSR count). The van der Waals surface area contributed by atoms with Crippen molar-refractivity contribution in [3.8, 4) is 0 Å². The maximum atomic E-state index is 12.8. The van der Waals surface area contributed by atoms with E-state index in [-0.39, 0.29) is 22.2 Å². The number of hydrogen-bond donors (Lipinski definition) is 0. The predicted octanol–water partition coefficient (Wildman–Crippen LogP) is 2.70. The molecule has 0 fully saturated rings. The first-order valence-electron chi connectivity index (χ1n) is 7.79. The van der Waals surface area contributed by atoms with E-state index in [1.54, 1.807) is 12.3 Å². The van der Waals surface area contributed by atoms with Gasteiger partial charge in [0.25, 0.3) is 17.2 Å². The third kappa shape index (κ3) is 2.81. The van der Waals surface area contributed by atoms with E-state index in [1.165, 1.54) is 10.8 Å². The van der Waals surface area contributed by atoms with Gasteiger partial charge in [-0.3, -0.25) is 4.79 Å². The summed E-state index contributed by atoms with van der Waals surface area (Å²) >= 11 is 0. The van der Waals surface area contributed by atoms with E-state index in [0.717, 1.165) is 10.1 Å². The highest BCUT2D eigenvalue weighted by atomic mass is 19.4. The third-order valence-electron chi connectivity index (χ3n) is 4.04. The van der Waals surface area contributed by atoms with Crippen LogP contribution >= 0.6 is 0 Å². The normalized spacial score (nSPS) is 12.1. The zero-order valence-electron chi connectivity index (χ0n) is 13.3. The number of nitrogens with zero attached hydrogens (tertiary/aromatic N) is 5. The Labute approximate surface area is 144 Å². The second kappa shape index (κ2) is 5.94. The summed E-state index contributed by atoms with van der Waals surface area (Å²) in [5, 5.41) is 3.63. The molecular formula is C17H12F3N5O. The van der Waals surface area contributed by atoms with Gasteiger partial charge in [0.05, 0.1) is 10.9 Å². The first kappa shape index (κ1) is 16.2. The van der Waals surface area contributed by atoms with Gasteiger partial charge >= 0.3 is 6.18 Å². The molecule has 0 aliphatic rings. The van der Waals surface area contributed by atoms with Crippen molar-refractivity contribution in [2.75, 3.05) is 0 Å². The first-order chi connectivity index (χ1) is 12.4. The van der Waals surface area contributed by atoms with Gasteiger partial charge < -0.3 is 4.57 Å². The molecule has 1 aromatic carbocycles. The lowest BCUT2D eigenvalue weighted by Gasteiger charge is -2.07. The maximum absolute atomic E-state index is 12.8. The first-order valence-corrected chi connectivity index (χ1v) is 7.79. The molecule has 0 saturated carbocycles. The van der Waals surface area contributed by atoms with Crippen LogP contribution in [0, 0.1) is 0 Å². The van der Waals surface area contributed by atoms with Crippen molar-refractivity contribution in [3.63, 3.8) is 0 Å². The van der Waals surface area contributed by atoms with E-state index in [0.29, 0.717) is 13.0 Å². The van der Waals surface area contributed by atoms with Gasteiger partial charge in [-0.25, -0.2) is 4.98 Å². The third-order valence-corrected chi connectivity index (χ3v) is 4.04. The van der Waals surface area contributed by atoms with Crippen LogP contribution in [0.3, 0.4) is 0 Å². The molecule has 0 N–H and O–H groups in total. The fraction of sp³-hybridized carbons (Fsp3) is 0.176. The van der Waals surface area contributed by atoms with Crippen LogP contribution in [-0.2, 0) is 19.1 Å². The molecule has 132 valence electrons. The van der Waals surface area contributed by atoms with Crippen molar-refractivity contribution in [3.05, 3.63) is 70.5 Å². The molecule has 0 unspecified atom stereocenters. The summed E-state index contributed by atoms with van der Waals surface area (Å²) in [5.41, 5.74) is 0.982. The molecule has 3 heterocycles. The van der Waals surface area contributed by atoms with Crippen LogP contribution in [0.5, 0.6) is 0 Å². The van der Waals surface area contributed by atoms with Crippen LogP contribution < -0.4 is 5.56 Å². The van der Waals surface area contributed by atoms with Crippen molar-refractivity contribution < 1.29 is 13.2 Å². The van der Waals surface area contributed by atoms with Gasteiger partial charge in [0.2, 0.25) is 0 Å². The fourth-order valence-corrected chi connectivity index (χ4v) is 2.75. The van der Waals surface area contributed by atoms with Gasteiger partial charge in [-0.15, -0.1) is 5.10 Å². The average molecular weight is 359 g/mol. The van der Waals surface area contributed by atoms with Gasteiger partial charge in [0.15, 0.2) is 0 Å². The number of alkyl halides is 3. The molecule has 0 bridgehead atoms. The highest BCUT2D eigenvalue weighted by Gasteiger charge is 2.36. The van der Waals surface area contributed by atoms with E-state index in [9.17, 15) is 18.0 Å². The minimum absolute atomic E-state index is 0.187. The van der Waals surface area contributed by atoms with Crippen molar-refractivity contribution in [2.24, 2.45) is 0 Å². The highest BCUT2D eigenvalue weighted by Crippen LogP contribution is 2.26. The van der Waals surface area contributed by atoms with Crippen molar-refractivity contribution in [1.29, 1.82) is 0 Å². The molecule has 3 aromatic heterocycles. The predicted molar refractivity (Wildman–Crippen MR) is 87.7 cm³/mol. The number of halogens is 3. The van der Waals surface area contributed by atoms with Crippen LogP contribution in [0.4, 0.5) is 13.2 Å². The second-order valence-electron chi connectivity index (χ2n) is 5.75. The smallest absolute Gasteiger partial charge is 0.314 e. The van der Waals surface area contributed by atoms with Gasteiger partial charge in [-0.2, -0.15) is 22.7 Å². The standard InChI is InChI=1S/C17H12F3N5O/c18-17(19,20)15-22-16-21-10-12-13(25(16)23-15)7-9-24(14(12)26)8-6-11-4-2-1-3-5-11/h1-5,7,9-10H,6,8H2. The van der Waals surface area contributed by atoms with E-state index < -0.39 is 12.0 Å². The molecule has 6 nitrogen and oxygen atoms in total. The molecular weight excluding hydrogens is 347 g/mol. The number of hydrogen-bond acceptors (Lipinski definition) is 4. The number of aryl methyl sites for hydroxylation is 2. The minimum atomic E-state index is -4.68. The maximum Gasteiger partial charge on any atom is 0.453 e. The van der Waals surface area contributed by atoms with Crippen molar-refractivity contribution >= 4 is 16.7 Å². The minimum Gasteiger partial charge on any atom is -0.314 e. The lowest BCUT2D eigenvalue weighted by molar-refractivity contribution is -0.144. The fourth-order valence-electron chi connectivity index (χ4n) is 2.75. The molecule has 0 aliphatic carbocycles. The quantitative estimate of drug-likeness (QED) is 0.564. The average Bonchev–Trinajstić information content (AvgIpc) is 3.07. The Morgan fingerprint density at radius 2 is 1.85 bits per heavy atom. The van der Waals surface area contributed by atoms with Crippen LogP contribution in [0.1, 0.15) is 11.4 Å². The lowest BCUT2D eigenvalue weighted by atomic mass is 10.1. The van der Waals surface area contributed by atoms with Crippen LogP contribution in [0.25, 0.3) is 16.7 Å². The number of fused-ring (bicyclic) bond motifs is 3. The molecule has 0 aliphatic heterocycles. The zero-order chi connectivity index (χ0) is 18.3. The Morgan fingerprint density at radius 3 is 2.58 bits per heavy atom. The van der Waals surface area contributed by atoms with Crippen molar-refractivity contribution in [2.45, 2.75) is 19.1 Å². The molecule has 0 saturated heterocycles. The largest absolute Gasteiger partial charge is 0.453 e. The highest BCUT2D eigenvalue weighted by molar-refractivity contribution is 5.78. The summed E-state index contributed by atoms with van der Waals surface area (Å²) in [4.78, 5) is 19.8. The summed E-state index contributed by atoms with van der Waals surface area (Å²) in [6.45, 7) is 0.446. The van der Waals surface area contributed by atoms with Gasteiger partial charge in [0, 0.05) is 18.9 Å². The molecule has 4 aromatic rings. The Bertz CT molecular complexity index is 1150. The molecule has 0 spiro atoms. The lowest BCUT2D eigenvalue weighted by Crippen LogP contribution is -2.21. The van der Waals surface area contributed by atoms with Gasteiger partial charge in [-0.05, 0) is 18.1 Å². The van der Waals surface area contributed by atoms with Crippen molar-refractivity contribution in [1.82, 2.24) is 24.1 Å². The van der Waals surface area contributed by atoms with E-state index >= 15 is 0 Å².